The molecular formula is C18H11Cl3N2O2. The molecule has 0 radical (unpaired) electrons. The number of nitrogens with zero attached hydrogens (tertiary/aromatic N) is 1. The maximum Gasteiger partial charge on any atom is 0.272 e. The summed E-state index contributed by atoms with van der Waals surface area (Å²) in [6.45, 7) is 0. The van der Waals surface area contributed by atoms with Crippen molar-refractivity contribution in [2.75, 3.05) is 0 Å². The first kappa shape index (κ1) is 17.5. The van der Waals surface area contributed by atoms with Crippen molar-refractivity contribution in [3.05, 3.63) is 81.0 Å². The van der Waals surface area contributed by atoms with Gasteiger partial charge in [-0.05, 0) is 36.4 Å². The highest BCUT2D eigenvalue weighted by Gasteiger charge is 2.11. The molecule has 0 aliphatic heterocycles. The van der Waals surface area contributed by atoms with Crippen molar-refractivity contribution in [2.45, 2.75) is 0 Å². The number of benzene rings is 2. The summed E-state index contributed by atoms with van der Waals surface area (Å²) < 4.78 is 5.65. The number of hydrogen-bond acceptors (Lipinski definition) is 3. The minimum atomic E-state index is -0.411. The van der Waals surface area contributed by atoms with Crippen LogP contribution >= 0.6 is 34.8 Å². The third kappa shape index (κ3) is 4.04. The Bertz CT molecular complexity index is 951. The third-order valence-corrected chi connectivity index (χ3v) is 4.47. The van der Waals surface area contributed by atoms with E-state index in [1.807, 2.05) is 0 Å². The van der Waals surface area contributed by atoms with Gasteiger partial charge in [0.2, 0.25) is 0 Å². The number of amides is 1. The Morgan fingerprint density at radius 2 is 1.72 bits per heavy atom. The number of carbonyl (C=O) groups excluding carboxylic acids is 1. The van der Waals surface area contributed by atoms with E-state index in [1.54, 1.807) is 54.6 Å². The van der Waals surface area contributed by atoms with E-state index in [0.29, 0.717) is 37.7 Å². The Morgan fingerprint density at radius 3 is 2.52 bits per heavy atom. The Labute approximate surface area is 159 Å². The minimum absolute atomic E-state index is 0.340. The van der Waals surface area contributed by atoms with Crippen LogP contribution < -0.4 is 5.43 Å². The molecule has 1 heterocycles. The van der Waals surface area contributed by atoms with Crippen LogP contribution in [0.1, 0.15) is 16.1 Å². The molecule has 0 fully saturated rings. The fourth-order valence-corrected chi connectivity index (χ4v) is 2.74. The molecule has 126 valence electrons. The molecule has 1 amide bonds. The average molecular weight is 394 g/mol. The molecule has 1 aromatic heterocycles. The molecule has 1 N–H and O–H groups in total. The van der Waals surface area contributed by atoms with E-state index in [0.717, 1.165) is 0 Å². The molecule has 3 aromatic rings. The van der Waals surface area contributed by atoms with Gasteiger partial charge in [-0.15, -0.1) is 0 Å². The van der Waals surface area contributed by atoms with Crippen molar-refractivity contribution in [3.63, 3.8) is 0 Å². The van der Waals surface area contributed by atoms with Crippen LogP contribution in [0.4, 0.5) is 0 Å². The number of hydrogen-bond donors (Lipinski definition) is 1. The summed E-state index contributed by atoms with van der Waals surface area (Å²) in [5, 5.41) is 5.08. The van der Waals surface area contributed by atoms with Crippen LogP contribution in [0.25, 0.3) is 11.3 Å². The van der Waals surface area contributed by atoms with Crippen LogP contribution in [0, 0.1) is 0 Å². The molecule has 3 rings (SSSR count). The first-order valence-electron chi connectivity index (χ1n) is 7.18. The molecule has 0 unspecified atom stereocenters. The SMILES string of the molecule is O=C(N/N=C\c1ccc(-c2cccc(Cl)c2Cl)o1)c1ccccc1Cl. The van der Waals surface area contributed by atoms with Gasteiger partial charge in [-0.25, -0.2) is 5.43 Å². The highest BCUT2D eigenvalue weighted by molar-refractivity contribution is 6.43. The lowest BCUT2D eigenvalue weighted by molar-refractivity contribution is 0.0955. The van der Waals surface area contributed by atoms with E-state index in [2.05, 4.69) is 10.5 Å². The summed E-state index contributed by atoms with van der Waals surface area (Å²) in [5.41, 5.74) is 3.41. The van der Waals surface area contributed by atoms with E-state index in [1.165, 1.54) is 6.21 Å². The second kappa shape index (κ2) is 7.74. The molecule has 0 spiro atoms. The quantitative estimate of drug-likeness (QED) is 0.458. The van der Waals surface area contributed by atoms with Gasteiger partial charge in [-0.2, -0.15) is 5.10 Å². The molecule has 2 aromatic carbocycles. The minimum Gasteiger partial charge on any atom is -0.455 e. The normalized spacial score (nSPS) is 11.0. The molecule has 0 aliphatic rings. The van der Waals surface area contributed by atoms with Gasteiger partial charge in [0.1, 0.15) is 11.5 Å². The number of halogens is 3. The van der Waals surface area contributed by atoms with Crippen LogP contribution in [-0.4, -0.2) is 12.1 Å². The molecule has 0 aliphatic carbocycles. The molecule has 25 heavy (non-hydrogen) atoms. The van der Waals surface area contributed by atoms with Crippen molar-refractivity contribution in [1.29, 1.82) is 0 Å². The molecule has 0 bridgehead atoms. The van der Waals surface area contributed by atoms with E-state index in [-0.39, 0.29) is 0 Å². The lowest BCUT2D eigenvalue weighted by atomic mass is 10.2. The smallest absolute Gasteiger partial charge is 0.272 e. The monoisotopic (exact) mass is 392 g/mol. The van der Waals surface area contributed by atoms with Crippen LogP contribution in [0.3, 0.4) is 0 Å². The zero-order valence-electron chi connectivity index (χ0n) is 12.7. The zero-order valence-corrected chi connectivity index (χ0v) is 14.9. The van der Waals surface area contributed by atoms with Crippen LogP contribution in [0.15, 0.2) is 64.1 Å². The van der Waals surface area contributed by atoms with Gasteiger partial charge in [0.25, 0.3) is 5.91 Å². The van der Waals surface area contributed by atoms with Gasteiger partial charge in [-0.3, -0.25) is 4.79 Å². The van der Waals surface area contributed by atoms with E-state index >= 15 is 0 Å². The second-order valence-corrected chi connectivity index (χ2v) is 6.17. The molecule has 0 atom stereocenters. The second-order valence-electron chi connectivity index (χ2n) is 4.98. The summed E-state index contributed by atoms with van der Waals surface area (Å²) in [4.78, 5) is 12.0. The molecule has 4 nitrogen and oxygen atoms in total. The van der Waals surface area contributed by atoms with Crippen LogP contribution in [0.2, 0.25) is 15.1 Å². The summed E-state index contributed by atoms with van der Waals surface area (Å²) in [5.74, 6) is 0.586. The van der Waals surface area contributed by atoms with E-state index in [9.17, 15) is 4.79 Å². The molecule has 0 saturated carbocycles. The van der Waals surface area contributed by atoms with Gasteiger partial charge < -0.3 is 4.42 Å². The Hall–Kier alpha value is -2.27. The van der Waals surface area contributed by atoms with Gasteiger partial charge in [0, 0.05) is 5.56 Å². The summed E-state index contributed by atoms with van der Waals surface area (Å²) in [7, 11) is 0. The maximum atomic E-state index is 12.0. The molecule has 0 saturated heterocycles. The topological polar surface area (TPSA) is 54.6 Å². The Morgan fingerprint density at radius 1 is 0.960 bits per heavy atom. The molecular weight excluding hydrogens is 383 g/mol. The summed E-state index contributed by atoms with van der Waals surface area (Å²) in [6.07, 6.45) is 1.39. The number of hydrazone groups is 1. The van der Waals surface area contributed by atoms with Crippen molar-refractivity contribution in [1.82, 2.24) is 5.43 Å². The highest BCUT2D eigenvalue weighted by Crippen LogP contribution is 2.34. The number of rotatable bonds is 4. The first-order valence-corrected chi connectivity index (χ1v) is 8.32. The van der Waals surface area contributed by atoms with E-state index < -0.39 is 5.91 Å². The standard InChI is InChI=1S/C18H11Cl3N2O2/c19-14-6-2-1-4-12(14)18(24)23-22-10-11-8-9-16(25-11)13-5-3-7-15(20)17(13)21/h1-10H,(H,23,24)/b22-10-. The first-order chi connectivity index (χ1) is 12.1. The number of carbonyl (C=O) groups is 1. The van der Waals surface area contributed by atoms with Gasteiger partial charge >= 0.3 is 0 Å². The summed E-state index contributed by atoms with van der Waals surface area (Å²) in [6, 6.07) is 15.4. The van der Waals surface area contributed by atoms with Gasteiger partial charge in [-0.1, -0.05) is 53.0 Å². The van der Waals surface area contributed by atoms with Crippen molar-refractivity contribution in [3.8, 4) is 11.3 Å². The van der Waals surface area contributed by atoms with Crippen molar-refractivity contribution < 1.29 is 9.21 Å². The largest absolute Gasteiger partial charge is 0.455 e. The maximum absolute atomic E-state index is 12.0. The van der Waals surface area contributed by atoms with Gasteiger partial charge in [0.05, 0.1) is 26.8 Å². The van der Waals surface area contributed by atoms with Gasteiger partial charge in [0.15, 0.2) is 0 Å². The lowest BCUT2D eigenvalue weighted by Crippen LogP contribution is -2.17. The van der Waals surface area contributed by atoms with Crippen LogP contribution in [-0.2, 0) is 0 Å². The fourth-order valence-electron chi connectivity index (χ4n) is 2.12. The highest BCUT2D eigenvalue weighted by atomic mass is 35.5. The fraction of sp³-hybridized carbons (Fsp3) is 0. The van der Waals surface area contributed by atoms with E-state index in [4.69, 9.17) is 39.2 Å². The average Bonchev–Trinajstić information content (AvgIpc) is 3.06. The Balaban J connectivity index is 1.71. The number of nitrogens with one attached hydrogen (secondary N) is 1. The lowest BCUT2D eigenvalue weighted by Gasteiger charge is -2.02. The van der Waals surface area contributed by atoms with Crippen LogP contribution in [0.5, 0.6) is 0 Å². The predicted octanol–water partition coefficient (Wildman–Crippen LogP) is 5.67. The third-order valence-electron chi connectivity index (χ3n) is 3.32. The van der Waals surface area contributed by atoms with Crippen molar-refractivity contribution in [2.24, 2.45) is 5.10 Å². The predicted molar refractivity (Wildman–Crippen MR) is 101 cm³/mol. The Kier molecular flexibility index (Phi) is 5.43. The zero-order chi connectivity index (χ0) is 17.8. The van der Waals surface area contributed by atoms with Crippen molar-refractivity contribution >= 4 is 46.9 Å². The number of furan rings is 1. The summed E-state index contributed by atoms with van der Waals surface area (Å²) >= 11 is 18.1. The molecule has 7 heteroatoms.